The van der Waals surface area contributed by atoms with Crippen molar-refractivity contribution in [2.45, 2.75) is 12.5 Å². The molecule has 0 aromatic heterocycles. The molecule has 1 unspecified atom stereocenters. The fraction of sp³-hybridized carbons (Fsp3) is 0.222. The SMILES string of the molecule is Cl.NC(Cc1cc(Cl)c(O)c(F)c1F)C(=O)O. The van der Waals surface area contributed by atoms with Crippen LogP contribution in [-0.2, 0) is 11.2 Å². The average Bonchev–Trinajstić information content (AvgIpc) is 2.22. The van der Waals surface area contributed by atoms with Crippen molar-refractivity contribution in [1.82, 2.24) is 0 Å². The van der Waals surface area contributed by atoms with Gasteiger partial charge < -0.3 is 15.9 Å². The van der Waals surface area contributed by atoms with E-state index in [2.05, 4.69) is 0 Å². The molecule has 1 rings (SSSR count). The van der Waals surface area contributed by atoms with Crippen LogP contribution in [0.1, 0.15) is 5.56 Å². The Bertz CT molecular complexity index is 443. The van der Waals surface area contributed by atoms with E-state index >= 15 is 0 Å². The molecular weight excluding hydrogens is 279 g/mol. The van der Waals surface area contributed by atoms with Crippen molar-refractivity contribution in [3.8, 4) is 5.75 Å². The molecule has 17 heavy (non-hydrogen) atoms. The molecule has 0 spiro atoms. The highest BCUT2D eigenvalue weighted by molar-refractivity contribution is 6.32. The monoisotopic (exact) mass is 287 g/mol. The second-order valence-corrected chi connectivity index (χ2v) is 3.55. The number of aromatic hydroxyl groups is 1. The normalized spacial score (nSPS) is 11.8. The second kappa shape index (κ2) is 6.00. The predicted molar refractivity (Wildman–Crippen MR) is 59.6 cm³/mol. The van der Waals surface area contributed by atoms with Gasteiger partial charge in [0.25, 0.3) is 0 Å². The Labute approximate surface area is 106 Å². The summed E-state index contributed by atoms with van der Waals surface area (Å²) in [7, 11) is 0. The minimum atomic E-state index is -1.51. The lowest BCUT2D eigenvalue weighted by atomic mass is 10.1. The Balaban J connectivity index is 0.00000256. The molecule has 96 valence electrons. The number of nitrogens with two attached hydrogens (primary N) is 1. The maximum absolute atomic E-state index is 13.2. The van der Waals surface area contributed by atoms with E-state index in [1.807, 2.05) is 0 Å². The highest BCUT2D eigenvalue weighted by Gasteiger charge is 2.21. The molecule has 0 aliphatic heterocycles. The van der Waals surface area contributed by atoms with Crippen LogP contribution in [-0.4, -0.2) is 22.2 Å². The number of carbonyl (C=O) groups is 1. The van der Waals surface area contributed by atoms with E-state index in [-0.39, 0.29) is 18.0 Å². The number of hydrogen-bond donors (Lipinski definition) is 3. The molecule has 1 aromatic carbocycles. The summed E-state index contributed by atoms with van der Waals surface area (Å²) in [6, 6.07) is -0.424. The van der Waals surface area contributed by atoms with Crippen molar-refractivity contribution in [2.75, 3.05) is 0 Å². The molecule has 0 heterocycles. The highest BCUT2D eigenvalue weighted by Crippen LogP contribution is 2.30. The van der Waals surface area contributed by atoms with E-state index in [0.717, 1.165) is 6.07 Å². The third-order valence-electron chi connectivity index (χ3n) is 1.97. The van der Waals surface area contributed by atoms with Gasteiger partial charge in [0.05, 0.1) is 5.02 Å². The molecule has 0 saturated heterocycles. The molecule has 0 aliphatic rings. The van der Waals surface area contributed by atoms with Crippen molar-refractivity contribution in [1.29, 1.82) is 0 Å². The summed E-state index contributed by atoms with van der Waals surface area (Å²) in [5.74, 6) is -5.21. The average molecular weight is 288 g/mol. The van der Waals surface area contributed by atoms with Crippen molar-refractivity contribution in [2.24, 2.45) is 5.73 Å². The third-order valence-corrected chi connectivity index (χ3v) is 2.25. The number of phenols is 1. The van der Waals surface area contributed by atoms with E-state index < -0.39 is 40.8 Å². The number of benzene rings is 1. The van der Waals surface area contributed by atoms with Crippen molar-refractivity contribution in [3.63, 3.8) is 0 Å². The molecule has 8 heteroatoms. The Morgan fingerprint density at radius 3 is 2.47 bits per heavy atom. The van der Waals surface area contributed by atoms with E-state index in [0.29, 0.717) is 0 Å². The van der Waals surface area contributed by atoms with Gasteiger partial charge in [0.15, 0.2) is 11.6 Å². The Morgan fingerprint density at radius 2 is 2.00 bits per heavy atom. The first-order chi connectivity index (χ1) is 7.34. The number of hydrogen-bond acceptors (Lipinski definition) is 3. The number of aliphatic carboxylic acids is 1. The van der Waals surface area contributed by atoms with Gasteiger partial charge in [0.1, 0.15) is 6.04 Å². The van der Waals surface area contributed by atoms with Crippen LogP contribution in [0.5, 0.6) is 5.75 Å². The molecule has 0 fully saturated rings. The topological polar surface area (TPSA) is 83.5 Å². The van der Waals surface area contributed by atoms with Crippen molar-refractivity contribution < 1.29 is 23.8 Å². The Hall–Kier alpha value is -1.11. The summed E-state index contributed by atoms with van der Waals surface area (Å²) in [6.45, 7) is 0. The largest absolute Gasteiger partial charge is 0.504 e. The first-order valence-electron chi connectivity index (χ1n) is 4.18. The molecule has 0 bridgehead atoms. The smallest absolute Gasteiger partial charge is 0.320 e. The van der Waals surface area contributed by atoms with Gasteiger partial charge in [-0.25, -0.2) is 4.39 Å². The molecule has 1 aromatic rings. The lowest BCUT2D eigenvalue weighted by molar-refractivity contribution is -0.138. The first kappa shape index (κ1) is 15.9. The zero-order valence-corrected chi connectivity index (χ0v) is 9.86. The quantitative estimate of drug-likeness (QED) is 0.739. The zero-order valence-electron chi connectivity index (χ0n) is 8.28. The van der Waals surface area contributed by atoms with Crippen LogP contribution in [0.3, 0.4) is 0 Å². The van der Waals surface area contributed by atoms with Crippen LogP contribution in [0, 0.1) is 11.6 Å². The summed E-state index contributed by atoms with van der Waals surface area (Å²) >= 11 is 5.41. The van der Waals surface area contributed by atoms with Gasteiger partial charge in [-0.15, -0.1) is 12.4 Å². The standard InChI is InChI=1S/C9H8ClF2NO3.ClH/c10-4-1-3(2-5(13)9(15)16)6(11)7(12)8(4)14;/h1,5,14H,2,13H2,(H,15,16);1H. The summed E-state index contributed by atoms with van der Waals surface area (Å²) < 4.78 is 26.2. The van der Waals surface area contributed by atoms with Gasteiger partial charge in [0.2, 0.25) is 5.82 Å². The van der Waals surface area contributed by atoms with Crippen molar-refractivity contribution >= 4 is 30.0 Å². The van der Waals surface area contributed by atoms with Gasteiger partial charge >= 0.3 is 5.97 Å². The van der Waals surface area contributed by atoms with Gasteiger partial charge in [-0.1, -0.05) is 11.6 Å². The summed E-state index contributed by atoms with van der Waals surface area (Å²) in [5, 5.41) is 17.1. The molecule has 0 amide bonds. The minimum absolute atomic E-state index is 0. The molecule has 4 N–H and O–H groups in total. The van der Waals surface area contributed by atoms with Crippen molar-refractivity contribution in [3.05, 3.63) is 28.3 Å². The third kappa shape index (κ3) is 3.42. The van der Waals surface area contributed by atoms with Gasteiger partial charge in [0, 0.05) is 6.42 Å². The van der Waals surface area contributed by atoms with Crippen LogP contribution < -0.4 is 5.73 Å². The Kier molecular flexibility index (Phi) is 5.60. The molecular formula is C9H9Cl2F2NO3. The minimum Gasteiger partial charge on any atom is -0.504 e. The number of halogens is 4. The van der Waals surface area contributed by atoms with Crippen LogP contribution in [0.2, 0.25) is 5.02 Å². The van der Waals surface area contributed by atoms with E-state index in [9.17, 15) is 13.6 Å². The van der Waals surface area contributed by atoms with Crippen LogP contribution in [0.15, 0.2) is 6.07 Å². The molecule has 4 nitrogen and oxygen atoms in total. The molecule has 1 atom stereocenters. The number of carboxylic acid groups (broad SMARTS) is 1. The summed E-state index contributed by atoms with van der Waals surface area (Å²) in [5.41, 5.74) is 4.87. The fourth-order valence-electron chi connectivity index (χ4n) is 1.11. The summed E-state index contributed by atoms with van der Waals surface area (Å²) in [6.07, 6.45) is -0.419. The van der Waals surface area contributed by atoms with Gasteiger partial charge in [-0.2, -0.15) is 4.39 Å². The predicted octanol–water partition coefficient (Wildman–Crippen LogP) is 1.70. The fourth-order valence-corrected chi connectivity index (χ4v) is 1.32. The van der Waals surface area contributed by atoms with Gasteiger partial charge in [-0.3, -0.25) is 4.79 Å². The zero-order chi connectivity index (χ0) is 12.5. The van der Waals surface area contributed by atoms with Crippen LogP contribution >= 0.6 is 24.0 Å². The first-order valence-corrected chi connectivity index (χ1v) is 4.56. The lowest BCUT2D eigenvalue weighted by Crippen LogP contribution is -2.32. The highest BCUT2D eigenvalue weighted by atomic mass is 35.5. The number of phenolic OH excluding ortho intramolecular Hbond substituents is 1. The van der Waals surface area contributed by atoms with Crippen LogP contribution in [0.25, 0.3) is 0 Å². The maximum Gasteiger partial charge on any atom is 0.320 e. The molecule has 0 saturated carbocycles. The maximum atomic E-state index is 13.2. The van der Waals surface area contributed by atoms with Gasteiger partial charge in [-0.05, 0) is 11.6 Å². The van der Waals surface area contributed by atoms with E-state index in [1.165, 1.54) is 0 Å². The molecule has 0 radical (unpaired) electrons. The number of carboxylic acids is 1. The van der Waals surface area contributed by atoms with E-state index in [1.54, 1.807) is 0 Å². The summed E-state index contributed by atoms with van der Waals surface area (Å²) in [4.78, 5) is 10.4. The van der Waals surface area contributed by atoms with Crippen LogP contribution in [0.4, 0.5) is 8.78 Å². The van der Waals surface area contributed by atoms with E-state index in [4.69, 9.17) is 27.5 Å². The Morgan fingerprint density at radius 1 is 1.47 bits per heavy atom. The lowest BCUT2D eigenvalue weighted by Gasteiger charge is -2.09. The second-order valence-electron chi connectivity index (χ2n) is 3.14. The number of rotatable bonds is 3. The molecule has 0 aliphatic carbocycles.